The Balaban J connectivity index is 1.53. The third-order valence-corrected chi connectivity index (χ3v) is 5.49. The number of hydrogen-bond donors (Lipinski definition) is 2. The van der Waals surface area contributed by atoms with Gasteiger partial charge in [0.2, 0.25) is 0 Å². The topological polar surface area (TPSA) is 66.7 Å². The summed E-state index contributed by atoms with van der Waals surface area (Å²) in [4.78, 5) is 7.63. The van der Waals surface area contributed by atoms with Crippen LogP contribution < -0.4 is 10.6 Å². The Hall–Kier alpha value is -1.60. The number of aromatic nitrogens is 2. The van der Waals surface area contributed by atoms with Gasteiger partial charge in [-0.1, -0.05) is 0 Å². The molecule has 3 rings (SSSR count). The zero-order valence-corrected chi connectivity index (χ0v) is 16.1. The van der Waals surface area contributed by atoms with Gasteiger partial charge in [-0.05, 0) is 58.2 Å². The lowest BCUT2D eigenvalue weighted by atomic mass is 9.88. The maximum Gasteiger partial charge on any atom is 0.191 e. The smallest absolute Gasteiger partial charge is 0.191 e. The third-order valence-electron chi connectivity index (χ3n) is 5.49. The molecular weight excluding hydrogens is 328 g/mol. The van der Waals surface area contributed by atoms with Crippen LogP contribution in [-0.4, -0.2) is 72.1 Å². The second-order valence-corrected chi connectivity index (χ2v) is 7.28. The Morgan fingerprint density at radius 3 is 2.73 bits per heavy atom. The van der Waals surface area contributed by atoms with Crippen molar-refractivity contribution in [3.63, 3.8) is 0 Å². The average Bonchev–Trinajstić information content (AvgIpc) is 3.38. The molecule has 2 aliphatic rings. The fraction of sp³-hybridized carbons (Fsp3) is 0.789. The van der Waals surface area contributed by atoms with Crippen molar-refractivity contribution in [1.82, 2.24) is 25.3 Å². The molecule has 0 radical (unpaired) electrons. The highest BCUT2D eigenvalue weighted by Gasteiger charge is 2.39. The Morgan fingerprint density at radius 2 is 2.04 bits per heavy atom. The molecule has 26 heavy (non-hydrogen) atoms. The summed E-state index contributed by atoms with van der Waals surface area (Å²) in [7, 11) is 0. The Bertz CT molecular complexity index is 532. The van der Waals surface area contributed by atoms with Gasteiger partial charge in [0.15, 0.2) is 5.96 Å². The van der Waals surface area contributed by atoms with Crippen LogP contribution in [0.5, 0.6) is 0 Å². The molecule has 7 nitrogen and oxygen atoms in total. The summed E-state index contributed by atoms with van der Waals surface area (Å²) in [5.74, 6) is 0.929. The molecule has 2 N–H and O–H groups in total. The minimum atomic E-state index is 0.187. The van der Waals surface area contributed by atoms with E-state index < -0.39 is 0 Å². The normalized spacial score (nSPS) is 21.0. The second kappa shape index (κ2) is 9.92. The largest absolute Gasteiger partial charge is 0.381 e. The lowest BCUT2D eigenvalue weighted by Gasteiger charge is -2.43. The molecule has 0 saturated carbocycles. The van der Waals surface area contributed by atoms with Gasteiger partial charge in [0.1, 0.15) is 0 Å². The summed E-state index contributed by atoms with van der Waals surface area (Å²) in [6.07, 6.45) is 9.67. The number of nitrogens with zero attached hydrogens (tertiary/aromatic N) is 4. The van der Waals surface area contributed by atoms with E-state index in [2.05, 4.69) is 27.6 Å². The van der Waals surface area contributed by atoms with Crippen LogP contribution >= 0.6 is 0 Å². The highest BCUT2D eigenvalue weighted by molar-refractivity contribution is 5.79. The molecule has 0 atom stereocenters. The molecule has 1 aromatic rings. The van der Waals surface area contributed by atoms with Crippen LogP contribution in [0.1, 0.15) is 39.0 Å². The maximum absolute atomic E-state index is 5.64. The summed E-state index contributed by atoms with van der Waals surface area (Å²) < 4.78 is 7.61. The first kappa shape index (κ1) is 19.2. The monoisotopic (exact) mass is 362 g/mol. The number of ether oxygens (including phenoxy) is 1. The predicted octanol–water partition coefficient (Wildman–Crippen LogP) is 1.47. The zero-order chi connectivity index (χ0) is 18.1. The number of aryl methyl sites for hydroxylation is 1. The number of guanidine groups is 1. The van der Waals surface area contributed by atoms with E-state index in [0.29, 0.717) is 0 Å². The van der Waals surface area contributed by atoms with Crippen molar-refractivity contribution in [2.24, 2.45) is 4.99 Å². The molecule has 146 valence electrons. The van der Waals surface area contributed by atoms with Crippen LogP contribution in [0.4, 0.5) is 0 Å². The van der Waals surface area contributed by atoms with E-state index in [1.165, 1.54) is 25.9 Å². The van der Waals surface area contributed by atoms with Crippen LogP contribution in [0.3, 0.4) is 0 Å². The number of aliphatic imine (C=N–C) groups is 1. The van der Waals surface area contributed by atoms with E-state index in [1.54, 1.807) is 0 Å². The van der Waals surface area contributed by atoms with E-state index in [4.69, 9.17) is 9.73 Å². The van der Waals surface area contributed by atoms with Crippen molar-refractivity contribution in [3.05, 3.63) is 18.5 Å². The summed E-state index contributed by atoms with van der Waals surface area (Å²) in [5, 5.41) is 11.1. The summed E-state index contributed by atoms with van der Waals surface area (Å²) in [6, 6.07) is 1.96. The van der Waals surface area contributed by atoms with Gasteiger partial charge >= 0.3 is 0 Å². The lowest BCUT2D eigenvalue weighted by molar-refractivity contribution is -0.0139. The van der Waals surface area contributed by atoms with E-state index in [1.807, 2.05) is 23.1 Å². The van der Waals surface area contributed by atoms with Crippen molar-refractivity contribution in [3.8, 4) is 0 Å². The van der Waals surface area contributed by atoms with E-state index in [9.17, 15) is 0 Å². The highest BCUT2D eigenvalue weighted by Crippen LogP contribution is 2.31. The molecule has 0 amide bonds. The molecule has 2 fully saturated rings. The minimum absolute atomic E-state index is 0.187. The first-order valence-electron chi connectivity index (χ1n) is 10.1. The first-order chi connectivity index (χ1) is 12.8. The van der Waals surface area contributed by atoms with E-state index >= 15 is 0 Å². The molecule has 2 saturated heterocycles. The molecule has 0 aromatic carbocycles. The summed E-state index contributed by atoms with van der Waals surface area (Å²) >= 11 is 0. The quantitative estimate of drug-likeness (QED) is 0.416. The van der Waals surface area contributed by atoms with Crippen LogP contribution in [0.15, 0.2) is 23.5 Å². The molecule has 1 aromatic heterocycles. The van der Waals surface area contributed by atoms with Gasteiger partial charge in [0, 0.05) is 50.8 Å². The lowest BCUT2D eigenvalue weighted by Crippen LogP contribution is -2.54. The number of hydrogen-bond acceptors (Lipinski definition) is 4. The van der Waals surface area contributed by atoms with E-state index in [0.717, 1.165) is 64.6 Å². The third kappa shape index (κ3) is 5.20. The van der Waals surface area contributed by atoms with Gasteiger partial charge in [-0.25, -0.2) is 0 Å². The molecule has 7 heteroatoms. The van der Waals surface area contributed by atoms with E-state index in [-0.39, 0.29) is 5.54 Å². The molecule has 2 aliphatic heterocycles. The Morgan fingerprint density at radius 1 is 1.23 bits per heavy atom. The Labute approximate surface area is 157 Å². The first-order valence-corrected chi connectivity index (χ1v) is 10.1. The van der Waals surface area contributed by atoms with Gasteiger partial charge in [-0.15, -0.1) is 0 Å². The van der Waals surface area contributed by atoms with Crippen molar-refractivity contribution in [2.45, 2.75) is 51.1 Å². The van der Waals surface area contributed by atoms with Crippen molar-refractivity contribution < 1.29 is 4.74 Å². The summed E-state index contributed by atoms with van der Waals surface area (Å²) in [6.45, 7) is 9.81. The van der Waals surface area contributed by atoms with Crippen molar-refractivity contribution >= 4 is 5.96 Å². The standard InChI is InChI=1S/C19H34N6O/c1-2-20-18(21-9-5-13-25-14-6-10-23-25)22-17-19(7-15-26-16-8-19)24-11-3-4-12-24/h6,10,14H,2-5,7-9,11-13,15-17H2,1H3,(H2,20,21,22). The molecule has 3 heterocycles. The van der Waals surface area contributed by atoms with Crippen LogP contribution in [0, 0.1) is 0 Å². The Kier molecular flexibility index (Phi) is 7.32. The number of nitrogens with one attached hydrogen (secondary N) is 2. The number of rotatable bonds is 8. The van der Waals surface area contributed by atoms with Crippen LogP contribution in [-0.2, 0) is 11.3 Å². The predicted molar refractivity (Wildman–Crippen MR) is 104 cm³/mol. The fourth-order valence-electron chi connectivity index (χ4n) is 3.97. The van der Waals surface area contributed by atoms with Gasteiger partial charge in [-0.2, -0.15) is 5.10 Å². The van der Waals surface area contributed by atoms with Crippen molar-refractivity contribution in [2.75, 3.05) is 45.9 Å². The van der Waals surface area contributed by atoms with Crippen LogP contribution in [0.25, 0.3) is 0 Å². The van der Waals surface area contributed by atoms with Crippen molar-refractivity contribution in [1.29, 1.82) is 0 Å². The van der Waals surface area contributed by atoms with Gasteiger partial charge in [0.25, 0.3) is 0 Å². The SMILES string of the molecule is CCNC(=NCC1(N2CCCC2)CCOCC1)NCCCn1cccn1. The molecular formula is C19H34N6O. The fourth-order valence-corrected chi connectivity index (χ4v) is 3.97. The molecule has 0 spiro atoms. The second-order valence-electron chi connectivity index (χ2n) is 7.28. The molecule has 0 unspecified atom stereocenters. The van der Waals surface area contributed by atoms with Gasteiger partial charge in [-0.3, -0.25) is 14.6 Å². The molecule has 0 bridgehead atoms. The van der Waals surface area contributed by atoms with Gasteiger partial charge < -0.3 is 15.4 Å². The van der Waals surface area contributed by atoms with Crippen LogP contribution in [0.2, 0.25) is 0 Å². The zero-order valence-electron chi connectivity index (χ0n) is 16.1. The highest BCUT2D eigenvalue weighted by atomic mass is 16.5. The minimum Gasteiger partial charge on any atom is -0.381 e. The maximum atomic E-state index is 5.64. The summed E-state index contributed by atoms with van der Waals surface area (Å²) in [5.41, 5.74) is 0.187. The average molecular weight is 363 g/mol. The molecule has 0 aliphatic carbocycles. The van der Waals surface area contributed by atoms with Gasteiger partial charge in [0.05, 0.1) is 6.54 Å². The number of likely N-dealkylation sites (tertiary alicyclic amines) is 1.